The Morgan fingerprint density at radius 2 is 1.66 bits per heavy atom. The van der Waals surface area contributed by atoms with E-state index in [4.69, 9.17) is 18.6 Å². The Balaban J connectivity index is 1.33. The Hall–Kier alpha value is -4.21. The number of rotatable bonds is 15. The number of hydrogen-bond acceptors (Lipinski definition) is 7. The largest absolute Gasteiger partial charge is 0.494 e. The van der Waals surface area contributed by atoms with E-state index in [1.807, 2.05) is 25.1 Å². The van der Waals surface area contributed by atoms with Gasteiger partial charge in [0, 0.05) is 30.2 Å². The normalized spacial score (nSPS) is 11.4. The molecule has 9 heteroatoms. The van der Waals surface area contributed by atoms with E-state index >= 15 is 0 Å². The Morgan fingerprint density at radius 3 is 2.39 bits per heavy atom. The van der Waals surface area contributed by atoms with E-state index in [0.29, 0.717) is 22.4 Å². The summed E-state index contributed by atoms with van der Waals surface area (Å²) in [5.74, 6) is -5.36. The molecular weight excluding hydrogens is 532 g/mol. The van der Waals surface area contributed by atoms with Crippen molar-refractivity contribution in [3.8, 4) is 17.0 Å². The third-order valence-electron chi connectivity index (χ3n) is 6.27. The lowest BCUT2D eigenvalue weighted by Gasteiger charge is -2.13. The van der Waals surface area contributed by atoms with Crippen LogP contribution >= 0.6 is 0 Å². The van der Waals surface area contributed by atoms with Gasteiger partial charge < -0.3 is 18.6 Å². The van der Waals surface area contributed by atoms with Crippen molar-refractivity contribution in [3.05, 3.63) is 107 Å². The summed E-state index contributed by atoms with van der Waals surface area (Å²) in [7, 11) is 1.45. The van der Waals surface area contributed by atoms with Gasteiger partial charge in [0.15, 0.2) is 11.5 Å². The molecule has 0 aliphatic heterocycles. The predicted molar refractivity (Wildman–Crippen MR) is 148 cm³/mol. The second-order valence-electron chi connectivity index (χ2n) is 9.47. The number of carbonyl (C=O) groups is 2. The lowest BCUT2D eigenvalue weighted by atomic mass is 10.0. The second kappa shape index (κ2) is 13.9. The summed E-state index contributed by atoms with van der Waals surface area (Å²) >= 11 is 0. The highest BCUT2D eigenvalue weighted by Gasteiger charge is 2.42. The molecule has 0 radical (unpaired) electrons. The molecule has 0 spiro atoms. The minimum absolute atomic E-state index is 0.0245. The van der Waals surface area contributed by atoms with Crippen LogP contribution in [-0.4, -0.2) is 43.0 Å². The first-order valence-electron chi connectivity index (χ1n) is 13.2. The minimum Gasteiger partial charge on any atom is -0.494 e. The Kier molecular flexibility index (Phi) is 10.1. The van der Waals surface area contributed by atoms with Crippen LogP contribution in [0.15, 0.2) is 83.3 Å². The number of carbonyl (C=O) groups excluding carboxylic acids is 2. The number of methoxy groups -OCH3 is 1. The molecule has 214 valence electrons. The SMILES string of the molecule is COCOCc1oc(C(=O)C(F)(F)CCCCOc2cccc(C(=O)c3ccccc3)c2)nc1-c1ccc(C)cc1. The zero-order valence-corrected chi connectivity index (χ0v) is 22.9. The van der Waals surface area contributed by atoms with Crippen molar-refractivity contribution in [2.45, 2.75) is 38.7 Å². The van der Waals surface area contributed by atoms with Gasteiger partial charge in [-0.15, -0.1) is 0 Å². The maximum atomic E-state index is 14.9. The molecule has 4 rings (SSSR count). The van der Waals surface area contributed by atoms with Gasteiger partial charge in [0.2, 0.25) is 0 Å². The molecule has 0 amide bonds. The summed E-state index contributed by atoms with van der Waals surface area (Å²) in [6, 6.07) is 22.8. The minimum atomic E-state index is -3.68. The molecule has 0 saturated heterocycles. The van der Waals surface area contributed by atoms with Crippen molar-refractivity contribution >= 4 is 11.6 Å². The summed E-state index contributed by atoms with van der Waals surface area (Å²) in [6.45, 7) is 1.92. The van der Waals surface area contributed by atoms with Crippen LogP contribution in [0.2, 0.25) is 0 Å². The van der Waals surface area contributed by atoms with Crippen LogP contribution in [-0.2, 0) is 16.1 Å². The topological polar surface area (TPSA) is 87.9 Å². The molecule has 7 nitrogen and oxygen atoms in total. The molecule has 0 unspecified atom stereocenters. The van der Waals surface area contributed by atoms with Gasteiger partial charge in [-0.1, -0.05) is 72.3 Å². The van der Waals surface area contributed by atoms with E-state index in [-0.39, 0.29) is 50.1 Å². The van der Waals surface area contributed by atoms with Crippen LogP contribution in [0.1, 0.15) is 57.2 Å². The number of alkyl halides is 2. The zero-order valence-electron chi connectivity index (χ0n) is 22.9. The van der Waals surface area contributed by atoms with Gasteiger partial charge in [-0.05, 0) is 31.9 Å². The molecule has 3 aromatic carbocycles. The van der Waals surface area contributed by atoms with Crippen molar-refractivity contribution in [2.24, 2.45) is 0 Å². The first kappa shape index (κ1) is 29.8. The molecule has 4 aromatic rings. The van der Waals surface area contributed by atoms with Crippen molar-refractivity contribution in [1.82, 2.24) is 4.98 Å². The van der Waals surface area contributed by atoms with Gasteiger partial charge in [0.05, 0.1) is 6.61 Å². The fraction of sp³-hybridized carbons (Fsp3) is 0.281. The highest BCUT2D eigenvalue weighted by molar-refractivity contribution is 6.09. The summed E-state index contributed by atoms with van der Waals surface area (Å²) in [6.07, 6.45) is -0.397. The number of oxazole rings is 1. The molecule has 1 heterocycles. The molecule has 41 heavy (non-hydrogen) atoms. The van der Waals surface area contributed by atoms with E-state index in [1.165, 1.54) is 7.11 Å². The number of unbranched alkanes of at least 4 members (excludes halogenated alkanes) is 1. The Bertz CT molecular complexity index is 1450. The number of Topliss-reactive ketones (excluding diaryl/α,β-unsaturated/α-hetero) is 1. The van der Waals surface area contributed by atoms with E-state index in [1.54, 1.807) is 60.7 Å². The summed E-state index contributed by atoms with van der Waals surface area (Å²) in [4.78, 5) is 29.5. The number of nitrogens with zero attached hydrogens (tertiary/aromatic N) is 1. The quantitative estimate of drug-likeness (QED) is 0.0868. The number of hydrogen-bond donors (Lipinski definition) is 0. The summed E-state index contributed by atoms with van der Waals surface area (Å²) in [5.41, 5.74) is 2.91. The standard InChI is InChI=1S/C32H31F2NO6/c1-22-13-15-23(16-14-22)28-27(20-39-21-38-2)41-31(35-28)30(37)32(33,34)17-6-7-18-40-26-12-8-11-25(19-26)29(36)24-9-4-3-5-10-24/h3-5,8-16,19H,6-7,17-18,20-21H2,1-2H3. The fourth-order valence-corrected chi connectivity index (χ4v) is 4.09. The van der Waals surface area contributed by atoms with E-state index in [2.05, 4.69) is 4.98 Å². The predicted octanol–water partition coefficient (Wildman–Crippen LogP) is 7.07. The summed E-state index contributed by atoms with van der Waals surface area (Å²) < 4.78 is 51.1. The van der Waals surface area contributed by atoms with Gasteiger partial charge in [0.1, 0.15) is 24.8 Å². The summed E-state index contributed by atoms with van der Waals surface area (Å²) in [5, 5.41) is 0. The highest BCUT2D eigenvalue weighted by atomic mass is 19.3. The van der Waals surface area contributed by atoms with Crippen LogP contribution in [0.3, 0.4) is 0 Å². The van der Waals surface area contributed by atoms with Crippen LogP contribution in [0, 0.1) is 6.92 Å². The van der Waals surface area contributed by atoms with Gasteiger partial charge in [0.25, 0.3) is 11.7 Å². The third kappa shape index (κ3) is 7.93. The third-order valence-corrected chi connectivity index (χ3v) is 6.27. The average Bonchev–Trinajstić information content (AvgIpc) is 3.41. The van der Waals surface area contributed by atoms with Gasteiger partial charge in [-0.3, -0.25) is 9.59 Å². The first-order chi connectivity index (χ1) is 19.8. The molecule has 0 saturated carbocycles. The Morgan fingerprint density at radius 1 is 0.927 bits per heavy atom. The van der Waals surface area contributed by atoms with E-state index in [0.717, 1.165) is 5.56 Å². The van der Waals surface area contributed by atoms with Gasteiger partial charge in [-0.25, -0.2) is 4.98 Å². The Labute approximate surface area is 237 Å². The van der Waals surface area contributed by atoms with Crippen LogP contribution in [0.25, 0.3) is 11.3 Å². The number of benzene rings is 3. The highest BCUT2D eigenvalue weighted by Crippen LogP contribution is 2.31. The maximum absolute atomic E-state index is 14.9. The molecule has 0 N–H and O–H groups in total. The van der Waals surface area contributed by atoms with E-state index in [9.17, 15) is 18.4 Å². The number of ketones is 2. The lowest BCUT2D eigenvalue weighted by molar-refractivity contribution is -0.0442. The number of halogens is 2. The number of aryl methyl sites for hydroxylation is 1. The van der Waals surface area contributed by atoms with Crippen molar-refractivity contribution in [1.29, 1.82) is 0 Å². The molecule has 0 atom stereocenters. The van der Waals surface area contributed by atoms with Gasteiger partial charge >= 0.3 is 5.92 Å². The fourth-order valence-electron chi connectivity index (χ4n) is 4.09. The van der Waals surface area contributed by atoms with Crippen LogP contribution < -0.4 is 4.74 Å². The van der Waals surface area contributed by atoms with E-state index < -0.39 is 24.0 Å². The molecule has 0 aliphatic rings. The molecule has 1 aromatic heterocycles. The van der Waals surface area contributed by atoms with Crippen molar-refractivity contribution in [2.75, 3.05) is 20.5 Å². The average molecular weight is 564 g/mol. The molecule has 0 fully saturated rings. The van der Waals surface area contributed by atoms with Crippen LogP contribution in [0.5, 0.6) is 5.75 Å². The molecule has 0 aliphatic carbocycles. The monoisotopic (exact) mass is 563 g/mol. The number of ether oxygens (including phenoxy) is 3. The number of aromatic nitrogens is 1. The first-order valence-corrected chi connectivity index (χ1v) is 13.2. The zero-order chi connectivity index (χ0) is 29.2. The maximum Gasteiger partial charge on any atom is 0.314 e. The molecule has 0 bridgehead atoms. The lowest BCUT2D eigenvalue weighted by Crippen LogP contribution is -2.29. The van der Waals surface area contributed by atoms with Crippen LogP contribution in [0.4, 0.5) is 8.78 Å². The van der Waals surface area contributed by atoms with Crippen molar-refractivity contribution < 1.29 is 37.0 Å². The molecular formula is C32H31F2NO6. The smallest absolute Gasteiger partial charge is 0.314 e. The second-order valence-corrected chi connectivity index (χ2v) is 9.47. The van der Waals surface area contributed by atoms with Gasteiger partial charge in [-0.2, -0.15) is 8.78 Å². The van der Waals surface area contributed by atoms with Crippen molar-refractivity contribution in [3.63, 3.8) is 0 Å².